The minimum atomic E-state index is -1.80. The molecule has 0 aromatic heterocycles. The van der Waals surface area contributed by atoms with Crippen LogP contribution in [0.1, 0.15) is 45.7 Å². The monoisotopic (exact) mass is 571 g/mol. The van der Waals surface area contributed by atoms with E-state index in [1.54, 1.807) is 38.1 Å². The number of aryl methyl sites for hydroxylation is 2. The zero-order valence-electron chi connectivity index (χ0n) is 23.9. The molecule has 5 atom stereocenters. The Morgan fingerprint density at radius 2 is 1.46 bits per heavy atom. The molecule has 1 aliphatic heterocycles. The van der Waals surface area contributed by atoms with Crippen molar-refractivity contribution >= 4 is 29.6 Å². The third kappa shape index (κ3) is 7.46. The van der Waals surface area contributed by atoms with E-state index in [1.165, 1.54) is 13.8 Å². The average Bonchev–Trinajstić information content (AvgIpc) is 2.87. The number of hydrogen-bond acceptors (Lipinski definition) is 12. The highest BCUT2D eigenvalue weighted by atomic mass is 16.7. The molecular weight excluding hydrogens is 538 g/mol. The first-order valence-electron chi connectivity index (χ1n) is 12.8. The van der Waals surface area contributed by atoms with Gasteiger partial charge in [0.25, 0.3) is 0 Å². The molecule has 0 saturated carbocycles. The third-order valence-corrected chi connectivity index (χ3v) is 6.44. The fraction of sp³-hybridized carbons (Fsp3) is 0.448. The summed E-state index contributed by atoms with van der Waals surface area (Å²) in [6, 6.07) is 10.6. The van der Waals surface area contributed by atoms with Crippen LogP contribution in [0, 0.1) is 18.8 Å². The summed E-state index contributed by atoms with van der Waals surface area (Å²) in [5.74, 6) is -2.49. The van der Waals surface area contributed by atoms with Crippen molar-refractivity contribution in [2.45, 2.75) is 78.7 Å². The van der Waals surface area contributed by atoms with Gasteiger partial charge in [0.05, 0.1) is 0 Å². The molecule has 0 spiro atoms. The second kappa shape index (κ2) is 12.9. The molecule has 1 fully saturated rings. The number of nitrogens with zero attached hydrogens (tertiary/aromatic N) is 1. The molecule has 1 heterocycles. The van der Waals surface area contributed by atoms with Gasteiger partial charge in [0.1, 0.15) is 24.1 Å². The molecule has 0 unspecified atom stereocenters. The Balaban J connectivity index is 2.04. The second-order valence-electron chi connectivity index (χ2n) is 9.88. The molecule has 0 N–H and O–H groups in total. The van der Waals surface area contributed by atoms with Crippen LogP contribution < -0.4 is 4.74 Å². The molecule has 0 bridgehead atoms. The van der Waals surface area contributed by atoms with Crippen molar-refractivity contribution in [2.75, 3.05) is 6.61 Å². The average molecular weight is 572 g/mol. The Morgan fingerprint density at radius 3 is 1.98 bits per heavy atom. The third-order valence-electron chi connectivity index (χ3n) is 6.44. The Kier molecular flexibility index (Phi) is 9.82. The van der Waals surface area contributed by atoms with E-state index in [0.717, 1.165) is 37.5 Å². The first-order valence-corrected chi connectivity index (χ1v) is 12.8. The Labute approximate surface area is 237 Å². The van der Waals surface area contributed by atoms with Crippen molar-refractivity contribution in [3.05, 3.63) is 52.4 Å². The molecule has 0 amide bonds. The molecule has 3 rings (SSSR count). The SMILES string of the molecule is CC(=O)OC[C@H]1O[C@H](Oc2ccc(-c3ccc(N=O)c(C)c3)cc2C)[C@@](C)(OC(C)=O)[C@@H](OC(C)=O)[C@@H]1OC(C)=O. The fourth-order valence-corrected chi connectivity index (χ4v) is 4.63. The number of hydrogen-bond donors (Lipinski definition) is 0. The standard InChI is InChI=1S/C29H33NO11/c1-15-12-21(8-10-23(15)30-35)22-9-11-24(16(2)13-22)39-28-29(7,41-20(6)34)27(38-19(5)33)26(37-18(4)32)25(40-28)14-36-17(3)31/h8-13,25-28H,14H2,1-7H3/t25-,26-,27+,28+,29+/m1/s1. The molecule has 41 heavy (non-hydrogen) atoms. The van der Waals surface area contributed by atoms with E-state index in [2.05, 4.69) is 5.18 Å². The van der Waals surface area contributed by atoms with Crippen molar-refractivity contribution in [3.8, 4) is 16.9 Å². The maximum absolute atomic E-state index is 12.2. The minimum Gasteiger partial charge on any atom is -0.463 e. The fourth-order valence-electron chi connectivity index (χ4n) is 4.63. The minimum absolute atomic E-state index is 0.346. The number of esters is 4. The smallest absolute Gasteiger partial charge is 0.303 e. The van der Waals surface area contributed by atoms with E-state index in [9.17, 15) is 24.1 Å². The van der Waals surface area contributed by atoms with Crippen molar-refractivity contribution in [1.29, 1.82) is 0 Å². The number of carbonyl (C=O) groups is 4. The molecule has 2 aromatic rings. The Hall–Kier alpha value is -4.32. The van der Waals surface area contributed by atoms with Gasteiger partial charge >= 0.3 is 23.9 Å². The summed E-state index contributed by atoms with van der Waals surface area (Å²) in [4.78, 5) is 58.9. The quantitative estimate of drug-likeness (QED) is 0.241. The molecule has 0 aliphatic carbocycles. The summed E-state index contributed by atoms with van der Waals surface area (Å²) in [6.45, 7) is 9.29. The van der Waals surface area contributed by atoms with Crippen LogP contribution >= 0.6 is 0 Å². The summed E-state index contributed by atoms with van der Waals surface area (Å²) in [5, 5.41) is 3.00. The van der Waals surface area contributed by atoms with E-state index in [4.69, 9.17) is 28.4 Å². The lowest BCUT2D eigenvalue weighted by atomic mass is 9.87. The molecule has 2 aromatic carbocycles. The topological polar surface area (TPSA) is 153 Å². The van der Waals surface area contributed by atoms with Crippen molar-refractivity contribution in [1.82, 2.24) is 0 Å². The van der Waals surface area contributed by atoms with Gasteiger partial charge in [-0.25, -0.2) is 0 Å². The van der Waals surface area contributed by atoms with E-state index in [-0.39, 0.29) is 6.61 Å². The Morgan fingerprint density at radius 1 is 0.854 bits per heavy atom. The summed E-state index contributed by atoms with van der Waals surface area (Å²) >= 11 is 0. The van der Waals surface area contributed by atoms with Crippen molar-refractivity contribution in [3.63, 3.8) is 0 Å². The van der Waals surface area contributed by atoms with Crippen LogP contribution in [-0.4, -0.2) is 60.7 Å². The van der Waals surface area contributed by atoms with Crippen LogP contribution in [0.5, 0.6) is 5.75 Å². The van der Waals surface area contributed by atoms with E-state index >= 15 is 0 Å². The zero-order valence-corrected chi connectivity index (χ0v) is 23.9. The first-order chi connectivity index (χ1) is 19.2. The van der Waals surface area contributed by atoms with Gasteiger partial charge in [-0.3, -0.25) is 19.2 Å². The lowest BCUT2D eigenvalue weighted by Crippen LogP contribution is -2.70. The van der Waals surface area contributed by atoms with Crippen LogP contribution in [0.4, 0.5) is 5.69 Å². The molecule has 220 valence electrons. The predicted molar refractivity (Wildman–Crippen MR) is 144 cm³/mol. The maximum atomic E-state index is 12.2. The van der Waals surface area contributed by atoms with Crippen molar-refractivity contribution in [2.24, 2.45) is 5.18 Å². The van der Waals surface area contributed by atoms with E-state index in [1.807, 2.05) is 12.1 Å². The lowest BCUT2D eigenvalue weighted by molar-refractivity contribution is -0.321. The van der Waals surface area contributed by atoms with Gasteiger partial charge < -0.3 is 28.4 Å². The van der Waals surface area contributed by atoms with Crippen molar-refractivity contribution < 1.29 is 47.6 Å². The molecule has 12 heteroatoms. The molecule has 0 radical (unpaired) electrons. The normalized spacial score (nSPS) is 23.6. The summed E-state index contributed by atoms with van der Waals surface area (Å²) in [7, 11) is 0. The number of benzene rings is 2. The molecule has 12 nitrogen and oxygen atoms in total. The van der Waals surface area contributed by atoms with Gasteiger partial charge in [-0.05, 0) is 72.5 Å². The van der Waals surface area contributed by atoms with Crippen LogP contribution in [0.15, 0.2) is 41.6 Å². The van der Waals surface area contributed by atoms with Gasteiger partial charge in [0.15, 0.2) is 12.2 Å². The largest absolute Gasteiger partial charge is 0.463 e. The first kappa shape index (κ1) is 31.2. The predicted octanol–water partition coefficient (Wildman–Crippen LogP) is 4.22. The highest BCUT2D eigenvalue weighted by Gasteiger charge is 2.61. The lowest BCUT2D eigenvalue weighted by Gasteiger charge is -2.49. The maximum Gasteiger partial charge on any atom is 0.303 e. The van der Waals surface area contributed by atoms with Crippen LogP contribution in [-0.2, 0) is 42.9 Å². The zero-order chi connectivity index (χ0) is 30.5. The van der Waals surface area contributed by atoms with Crippen LogP contribution in [0.3, 0.4) is 0 Å². The van der Waals surface area contributed by atoms with E-state index in [0.29, 0.717) is 17.0 Å². The second-order valence-corrected chi connectivity index (χ2v) is 9.88. The molecule has 1 aliphatic rings. The van der Waals surface area contributed by atoms with Gasteiger partial charge in [-0.2, -0.15) is 0 Å². The highest BCUT2D eigenvalue weighted by molar-refractivity contribution is 5.70. The van der Waals surface area contributed by atoms with Crippen LogP contribution in [0.25, 0.3) is 11.1 Å². The Bertz CT molecular complexity index is 1340. The number of ether oxygens (including phenoxy) is 6. The number of nitroso groups, excluding NO2 is 1. The highest BCUT2D eigenvalue weighted by Crippen LogP contribution is 2.39. The van der Waals surface area contributed by atoms with Crippen LogP contribution in [0.2, 0.25) is 0 Å². The summed E-state index contributed by atoms with van der Waals surface area (Å²) in [5.41, 5.74) is 1.63. The summed E-state index contributed by atoms with van der Waals surface area (Å²) in [6.07, 6.45) is -5.24. The van der Waals surface area contributed by atoms with E-state index < -0.39 is 54.1 Å². The number of carbonyl (C=O) groups excluding carboxylic acids is 4. The molecular formula is C29H33NO11. The van der Waals surface area contributed by atoms with Gasteiger partial charge in [0, 0.05) is 27.7 Å². The molecule has 1 saturated heterocycles. The van der Waals surface area contributed by atoms with Gasteiger partial charge in [-0.15, -0.1) is 4.91 Å². The number of rotatable bonds is 9. The summed E-state index contributed by atoms with van der Waals surface area (Å²) < 4.78 is 34.1. The van der Waals surface area contributed by atoms with Gasteiger partial charge in [0.2, 0.25) is 11.9 Å². The van der Waals surface area contributed by atoms with Gasteiger partial charge in [-0.1, -0.05) is 12.1 Å².